The van der Waals surface area contributed by atoms with E-state index < -0.39 is 0 Å². The van der Waals surface area contributed by atoms with E-state index in [4.69, 9.17) is 15.0 Å². The minimum absolute atomic E-state index is 0.0228. The topological polar surface area (TPSA) is 69.2 Å². The number of hydrogen-bond donors (Lipinski definition) is 2. The van der Waals surface area contributed by atoms with E-state index in [1.807, 2.05) is 6.92 Å². The van der Waals surface area contributed by atoms with Crippen molar-refractivity contribution >= 4 is 11.9 Å². The van der Waals surface area contributed by atoms with E-state index in [1.165, 1.54) is 12.8 Å². The average molecular weight is 500 g/mol. The van der Waals surface area contributed by atoms with E-state index in [9.17, 15) is 0 Å². The molecule has 4 atom stereocenters. The molecule has 204 valence electrons. The highest BCUT2D eigenvalue weighted by molar-refractivity contribution is 5.42. The van der Waals surface area contributed by atoms with Gasteiger partial charge in [-0.25, -0.2) is 0 Å². The first-order valence-corrected chi connectivity index (χ1v) is 14.6. The van der Waals surface area contributed by atoms with Crippen LogP contribution in [0.3, 0.4) is 0 Å². The van der Waals surface area contributed by atoms with Crippen molar-refractivity contribution in [2.24, 2.45) is 0 Å². The number of nitrogens with one attached hydrogen (secondary N) is 2. The van der Waals surface area contributed by atoms with E-state index in [1.54, 1.807) is 0 Å². The van der Waals surface area contributed by atoms with Crippen LogP contribution in [0, 0.1) is 6.92 Å². The van der Waals surface area contributed by atoms with Gasteiger partial charge in [-0.15, -0.1) is 0 Å². The molecule has 7 heteroatoms. The van der Waals surface area contributed by atoms with Crippen molar-refractivity contribution in [2.45, 2.75) is 154 Å². The SMILES string of the molecule is CCCCN1c2nc(C)nc(n2)N(CCCC)C2CC(C)(C)NC(C)(C2)CC2(C)CC1CC(C)(C)N2. The first-order valence-electron chi connectivity index (χ1n) is 14.6. The van der Waals surface area contributed by atoms with Crippen LogP contribution in [0.25, 0.3) is 0 Å². The summed E-state index contributed by atoms with van der Waals surface area (Å²) in [6, 6.07) is 0.791. The number of piperidine rings is 2. The highest BCUT2D eigenvalue weighted by Crippen LogP contribution is 2.43. The highest BCUT2D eigenvalue weighted by Gasteiger charge is 2.50. The van der Waals surface area contributed by atoms with Crippen LogP contribution >= 0.6 is 0 Å². The second kappa shape index (κ2) is 10.0. The van der Waals surface area contributed by atoms with Crippen molar-refractivity contribution < 1.29 is 0 Å². The average Bonchev–Trinajstić information content (AvgIpc) is 2.69. The third-order valence-electron chi connectivity index (χ3n) is 8.55. The van der Waals surface area contributed by atoms with Crippen molar-refractivity contribution in [1.82, 2.24) is 25.6 Å². The minimum Gasteiger partial charge on any atom is -0.338 e. The van der Waals surface area contributed by atoms with Gasteiger partial charge in [0.2, 0.25) is 11.9 Å². The van der Waals surface area contributed by atoms with E-state index >= 15 is 0 Å². The van der Waals surface area contributed by atoms with Crippen molar-refractivity contribution in [2.75, 3.05) is 22.9 Å². The van der Waals surface area contributed by atoms with E-state index in [0.29, 0.717) is 12.1 Å². The number of anilines is 2. The lowest BCUT2D eigenvalue weighted by Crippen LogP contribution is -2.70. The molecule has 4 heterocycles. The molecule has 36 heavy (non-hydrogen) atoms. The maximum Gasteiger partial charge on any atom is 0.230 e. The molecule has 0 radical (unpaired) electrons. The first-order chi connectivity index (χ1) is 16.8. The fourth-order valence-corrected chi connectivity index (χ4v) is 7.99. The summed E-state index contributed by atoms with van der Waals surface area (Å²) < 4.78 is 0. The van der Waals surface area contributed by atoms with Crippen molar-refractivity contribution in [3.05, 3.63) is 5.82 Å². The third kappa shape index (κ3) is 6.15. The van der Waals surface area contributed by atoms with Crippen molar-refractivity contribution in [3.63, 3.8) is 0 Å². The second-order valence-electron chi connectivity index (χ2n) is 14.0. The number of hydrogen-bond acceptors (Lipinski definition) is 7. The van der Waals surface area contributed by atoms with Crippen LogP contribution in [0.5, 0.6) is 0 Å². The predicted molar refractivity (Wildman–Crippen MR) is 151 cm³/mol. The molecule has 4 rings (SSSR count). The highest BCUT2D eigenvalue weighted by atomic mass is 15.4. The number of unbranched alkanes of at least 4 members (excludes halogenated alkanes) is 2. The zero-order valence-corrected chi connectivity index (χ0v) is 24.7. The van der Waals surface area contributed by atoms with E-state index in [2.05, 4.69) is 75.8 Å². The maximum atomic E-state index is 5.26. The summed E-state index contributed by atoms with van der Waals surface area (Å²) in [5.74, 6) is 2.60. The van der Waals surface area contributed by atoms with Crippen LogP contribution in [-0.2, 0) is 0 Å². The molecule has 0 amide bonds. The van der Waals surface area contributed by atoms with Crippen LogP contribution in [0.4, 0.5) is 11.9 Å². The molecule has 2 saturated heterocycles. The second-order valence-corrected chi connectivity index (χ2v) is 14.0. The van der Waals surface area contributed by atoms with Gasteiger partial charge in [0.05, 0.1) is 0 Å². The molecule has 3 aliphatic rings. The molecule has 2 N–H and O–H groups in total. The molecule has 1 aromatic heterocycles. The summed E-state index contributed by atoms with van der Waals surface area (Å²) >= 11 is 0. The standard InChI is InChI=1S/C29H53N7/c1-10-12-14-35-22-16-26(4,5)33-28(8,18-22)20-29(9)19-23(17-27(6,7)34-29)36(15-13-11-2)25-31-21(3)30-24(35)32-25/h22-23,33-34H,10-20H2,1-9H3. The lowest BCUT2D eigenvalue weighted by Gasteiger charge is -2.57. The summed E-state index contributed by atoms with van der Waals surface area (Å²) in [6.07, 6.45) is 10.1. The van der Waals surface area contributed by atoms with Gasteiger partial charge < -0.3 is 20.4 Å². The molecule has 7 nitrogen and oxygen atoms in total. The van der Waals surface area contributed by atoms with Gasteiger partial charge >= 0.3 is 0 Å². The molecule has 2 fully saturated rings. The fraction of sp³-hybridized carbons (Fsp3) is 0.897. The molecule has 4 unspecified atom stereocenters. The Morgan fingerprint density at radius 1 is 0.694 bits per heavy atom. The molecule has 0 aromatic carbocycles. The number of aromatic nitrogens is 3. The Morgan fingerprint density at radius 3 is 1.50 bits per heavy atom. The van der Waals surface area contributed by atoms with Gasteiger partial charge in [0.25, 0.3) is 0 Å². The van der Waals surface area contributed by atoms with Gasteiger partial charge in [-0.1, -0.05) is 26.7 Å². The largest absolute Gasteiger partial charge is 0.338 e. The molecule has 6 bridgehead atoms. The maximum absolute atomic E-state index is 5.26. The lowest BCUT2D eigenvalue weighted by atomic mass is 9.68. The van der Waals surface area contributed by atoms with E-state index in [-0.39, 0.29) is 22.2 Å². The molecule has 0 aliphatic carbocycles. The van der Waals surface area contributed by atoms with Crippen LogP contribution in [0.2, 0.25) is 0 Å². The molecule has 3 aliphatic heterocycles. The normalized spacial score (nSPS) is 33.6. The first kappa shape index (κ1) is 27.6. The van der Waals surface area contributed by atoms with Gasteiger partial charge in [-0.05, 0) is 93.4 Å². The minimum atomic E-state index is 0.0228. The molecular weight excluding hydrogens is 446 g/mol. The summed E-state index contributed by atoms with van der Waals surface area (Å²) in [7, 11) is 0. The van der Waals surface area contributed by atoms with Crippen LogP contribution in [0.15, 0.2) is 0 Å². The summed E-state index contributed by atoms with van der Waals surface area (Å²) in [4.78, 5) is 20.3. The molecule has 1 aromatic rings. The molecule has 0 saturated carbocycles. The van der Waals surface area contributed by atoms with Crippen LogP contribution in [0.1, 0.15) is 119 Å². The Labute approximate surface area is 220 Å². The zero-order chi connectivity index (χ0) is 26.4. The van der Waals surface area contributed by atoms with Crippen molar-refractivity contribution in [3.8, 4) is 0 Å². The molecular formula is C29H53N7. The van der Waals surface area contributed by atoms with Crippen LogP contribution in [-0.4, -0.2) is 62.3 Å². The lowest BCUT2D eigenvalue weighted by molar-refractivity contribution is 0.0656. The fourth-order valence-electron chi connectivity index (χ4n) is 7.99. The third-order valence-corrected chi connectivity index (χ3v) is 8.55. The van der Waals surface area contributed by atoms with Gasteiger partial charge in [0, 0.05) is 47.3 Å². The Morgan fingerprint density at radius 2 is 1.11 bits per heavy atom. The predicted octanol–water partition coefficient (Wildman–Crippen LogP) is 5.38. The van der Waals surface area contributed by atoms with Gasteiger partial charge in [0.15, 0.2) is 0 Å². The molecule has 0 spiro atoms. The van der Waals surface area contributed by atoms with Crippen LogP contribution < -0.4 is 20.4 Å². The number of nitrogens with zero attached hydrogens (tertiary/aromatic N) is 5. The van der Waals surface area contributed by atoms with Gasteiger partial charge in [-0.3, -0.25) is 0 Å². The summed E-state index contributed by atoms with van der Waals surface area (Å²) in [5.41, 5.74) is 0.137. The smallest absolute Gasteiger partial charge is 0.230 e. The van der Waals surface area contributed by atoms with Gasteiger partial charge in [0.1, 0.15) is 5.82 Å². The monoisotopic (exact) mass is 499 g/mol. The Balaban J connectivity index is 1.89. The quantitative estimate of drug-likeness (QED) is 0.545. The zero-order valence-electron chi connectivity index (χ0n) is 24.7. The number of aryl methyl sites for hydroxylation is 1. The Hall–Kier alpha value is -1.47. The Kier molecular flexibility index (Phi) is 7.67. The van der Waals surface area contributed by atoms with Gasteiger partial charge in [-0.2, -0.15) is 15.0 Å². The summed E-state index contributed by atoms with van der Waals surface area (Å²) in [6.45, 7) is 23.0. The number of rotatable bonds is 6. The summed E-state index contributed by atoms with van der Waals surface area (Å²) in [5, 5.41) is 8.23. The number of fused-ring (bicyclic) bond motifs is 6. The van der Waals surface area contributed by atoms with Crippen molar-refractivity contribution in [1.29, 1.82) is 0 Å². The Bertz CT molecular complexity index is 847. The van der Waals surface area contributed by atoms with E-state index in [0.717, 1.165) is 75.8 Å².